The number of carbonyl (C=O) groups is 1. The molecule has 1 aromatic heterocycles. The number of hydrogen-bond donors (Lipinski definition) is 1. The Morgan fingerprint density at radius 1 is 1.12 bits per heavy atom. The van der Waals surface area contributed by atoms with E-state index in [0.717, 1.165) is 44.2 Å². The van der Waals surface area contributed by atoms with Gasteiger partial charge in [-0.25, -0.2) is 13.6 Å². The van der Waals surface area contributed by atoms with E-state index >= 15 is 0 Å². The van der Waals surface area contributed by atoms with E-state index in [1.807, 2.05) is 12.1 Å². The SMILES string of the molecule is O=C(OCC(F)F)N1CCC[C@H](c2cc[nH]n2)[C@@H]1CO[C@H]1CC[C@@H](c2ccccc2)CC1. The van der Waals surface area contributed by atoms with Crippen LogP contribution >= 0.6 is 0 Å². The van der Waals surface area contributed by atoms with E-state index in [1.165, 1.54) is 5.56 Å². The average Bonchev–Trinajstić information content (AvgIpc) is 3.37. The molecule has 1 aromatic carbocycles. The molecule has 1 aliphatic carbocycles. The zero-order valence-electron chi connectivity index (χ0n) is 18.2. The van der Waals surface area contributed by atoms with Gasteiger partial charge in [-0.15, -0.1) is 0 Å². The van der Waals surface area contributed by atoms with Crippen LogP contribution in [0.1, 0.15) is 61.6 Å². The van der Waals surface area contributed by atoms with Crippen LogP contribution < -0.4 is 0 Å². The van der Waals surface area contributed by atoms with Gasteiger partial charge in [-0.2, -0.15) is 5.10 Å². The normalized spacial score (nSPS) is 26.3. The number of nitrogens with one attached hydrogen (secondary N) is 1. The summed E-state index contributed by atoms with van der Waals surface area (Å²) in [5.74, 6) is 0.540. The second kappa shape index (κ2) is 10.9. The molecule has 174 valence electrons. The summed E-state index contributed by atoms with van der Waals surface area (Å²) in [5.41, 5.74) is 2.24. The van der Waals surface area contributed by atoms with Gasteiger partial charge in [0.25, 0.3) is 6.43 Å². The van der Waals surface area contributed by atoms with Crippen LogP contribution in [0.3, 0.4) is 0 Å². The highest BCUT2D eigenvalue weighted by molar-refractivity contribution is 5.68. The van der Waals surface area contributed by atoms with Crippen molar-refractivity contribution >= 4 is 6.09 Å². The molecule has 2 atom stereocenters. The summed E-state index contributed by atoms with van der Waals surface area (Å²) in [4.78, 5) is 14.1. The van der Waals surface area contributed by atoms with Crippen molar-refractivity contribution < 1.29 is 23.0 Å². The number of aromatic nitrogens is 2. The van der Waals surface area contributed by atoms with Crippen LogP contribution in [-0.4, -0.2) is 59.5 Å². The third-order valence-electron chi connectivity index (χ3n) is 6.70. The predicted octanol–water partition coefficient (Wildman–Crippen LogP) is 5.10. The zero-order chi connectivity index (χ0) is 22.3. The topological polar surface area (TPSA) is 67.5 Å². The van der Waals surface area contributed by atoms with Crippen molar-refractivity contribution in [1.29, 1.82) is 0 Å². The lowest BCUT2D eigenvalue weighted by Crippen LogP contribution is -2.51. The van der Waals surface area contributed by atoms with E-state index in [-0.39, 0.29) is 18.1 Å². The van der Waals surface area contributed by atoms with Crippen LogP contribution in [0.15, 0.2) is 42.6 Å². The first-order chi connectivity index (χ1) is 15.6. The summed E-state index contributed by atoms with van der Waals surface area (Å²) in [6, 6.07) is 12.2. The van der Waals surface area contributed by atoms with Crippen molar-refractivity contribution in [2.45, 2.75) is 68.9 Å². The molecule has 0 unspecified atom stereocenters. The molecule has 32 heavy (non-hydrogen) atoms. The highest BCUT2D eigenvalue weighted by Gasteiger charge is 2.38. The van der Waals surface area contributed by atoms with Crippen LogP contribution in [-0.2, 0) is 9.47 Å². The molecule has 0 radical (unpaired) electrons. The maximum atomic E-state index is 12.6. The molecule has 1 N–H and O–H groups in total. The fourth-order valence-electron chi connectivity index (χ4n) is 5.05. The van der Waals surface area contributed by atoms with Crippen molar-refractivity contribution in [3.63, 3.8) is 0 Å². The Balaban J connectivity index is 1.38. The Morgan fingerprint density at radius 2 is 1.91 bits per heavy atom. The minimum absolute atomic E-state index is 0.0187. The highest BCUT2D eigenvalue weighted by atomic mass is 19.3. The molecule has 4 rings (SSSR count). The van der Waals surface area contributed by atoms with Gasteiger partial charge in [-0.05, 0) is 56.1 Å². The van der Waals surface area contributed by atoms with Gasteiger partial charge in [-0.3, -0.25) is 5.10 Å². The molecule has 1 aliphatic heterocycles. The predicted molar refractivity (Wildman–Crippen MR) is 116 cm³/mol. The van der Waals surface area contributed by atoms with E-state index in [1.54, 1.807) is 11.1 Å². The maximum Gasteiger partial charge on any atom is 0.410 e. The number of piperidine rings is 1. The number of amides is 1. The average molecular weight is 448 g/mol. The quantitative estimate of drug-likeness (QED) is 0.641. The van der Waals surface area contributed by atoms with E-state index in [2.05, 4.69) is 34.5 Å². The fourth-order valence-corrected chi connectivity index (χ4v) is 5.05. The standard InChI is InChI=1S/C24H31F2N3O3/c25-23(26)16-32-24(30)29-14-4-7-20(21-12-13-27-28-21)22(29)15-31-19-10-8-18(9-11-19)17-5-2-1-3-6-17/h1-3,5-6,12-13,18-20,22-23H,4,7-11,14-16H2,(H,27,28)/t18-,19+,20-,22+/m1/s1. The molecule has 0 spiro atoms. The fraction of sp³-hybridized carbons (Fsp3) is 0.583. The minimum atomic E-state index is -2.68. The van der Waals surface area contributed by atoms with Crippen molar-refractivity contribution in [1.82, 2.24) is 15.1 Å². The molecule has 2 fully saturated rings. The Bertz CT molecular complexity index is 826. The number of halogens is 2. The lowest BCUT2D eigenvalue weighted by atomic mass is 9.82. The Hall–Kier alpha value is -2.48. The van der Waals surface area contributed by atoms with Gasteiger partial charge in [0.2, 0.25) is 0 Å². The van der Waals surface area contributed by atoms with Gasteiger partial charge in [-0.1, -0.05) is 30.3 Å². The van der Waals surface area contributed by atoms with E-state index in [0.29, 0.717) is 19.1 Å². The first-order valence-electron chi connectivity index (χ1n) is 11.5. The molecular weight excluding hydrogens is 416 g/mol. The molecule has 8 heteroatoms. The second-order valence-corrected chi connectivity index (χ2v) is 8.69. The number of likely N-dealkylation sites (tertiary alicyclic amines) is 1. The number of ether oxygens (including phenoxy) is 2. The number of benzene rings is 1. The number of nitrogens with zero attached hydrogens (tertiary/aromatic N) is 2. The molecule has 2 aliphatic rings. The molecular formula is C24H31F2N3O3. The van der Waals surface area contributed by atoms with Gasteiger partial charge in [0.05, 0.1) is 24.4 Å². The number of hydrogen-bond acceptors (Lipinski definition) is 4. The summed E-state index contributed by atoms with van der Waals surface area (Å²) < 4.78 is 36.3. The summed E-state index contributed by atoms with van der Waals surface area (Å²) in [5, 5.41) is 7.15. The van der Waals surface area contributed by atoms with Gasteiger partial charge >= 0.3 is 6.09 Å². The van der Waals surface area contributed by atoms with Gasteiger partial charge in [0.15, 0.2) is 6.61 Å². The summed E-state index contributed by atoms with van der Waals surface area (Å²) in [6.07, 6.45) is 4.21. The Kier molecular flexibility index (Phi) is 7.73. The van der Waals surface area contributed by atoms with E-state index < -0.39 is 19.1 Å². The summed E-state index contributed by atoms with van der Waals surface area (Å²) >= 11 is 0. The Morgan fingerprint density at radius 3 is 2.59 bits per heavy atom. The van der Waals surface area contributed by atoms with Crippen molar-refractivity contribution in [2.75, 3.05) is 19.8 Å². The third kappa shape index (κ3) is 5.65. The van der Waals surface area contributed by atoms with Gasteiger partial charge < -0.3 is 14.4 Å². The summed E-state index contributed by atoms with van der Waals surface area (Å²) in [6.45, 7) is -0.0702. The number of rotatable bonds is 7. The first-order valence-corrected chi connectivity index (χ1v) is 11.5. The maximum absolute atomic E-state index is 12.6. The molecule has 6 nitrogen and oxygen atoms in total. The van der Waals surface area contributed by atoms with Crippen molar-refractivity contribution in [3.05, 3.63) is 53.9 Å². The van der Waals surface area contributed by atoms with Crippen molar-refractivity contribution in [3.8, 4) is 0 Å². The first kappa shape index (κ1) is 22.7. The molecule has 2 heterocycles. The lowest BCUT2D eigenvalue weighted by Gasteiger charge is -2.41. The van der Waals surface area contributed by atoms with E-state index in [4.69, 9.17) is 9.47 Å². The zero-order valence-corrected chi connectivity index (χ0v) is 18.2. The third-order valence-corrected chi connectivity index (χ3v) is 6.70. The van der Waals surface area contributed by atoms with Crippen LogP contribution in [0.25, 0.3) is 0 Å². The molecule has 2 aromatic rings. The van der Waals surface area contributed by atoms with Crippen LogP contribution in [0, 0.1) is 0 Å². The monoisotopic (exact) mass is 447 g/mol. The second-order valence-electron chi connectivity index (χ2n) is 8.69. The van der Waals surface area contributed by atoms with Gasteiger partial charge in [0, 0.05) is 18.7 Å². The van der Waals surface area contributed by atoms with E-state index in [9.17, 15) is 13.6 Å². The van der Waals surface area contributed by atoms with Crippen molar-refractivity contribution in [2.24, 2.45) is 0 Å². The van der Waals surface area contributed by atoms with Crippen LogP contribution in [0.2, 0.25) is 0 Å². The Labute approximate surface area is 187 Å². The van der Waals surface area contributed by atoms with Gasteiger partial charge in [0.1, 0.15) is 0 Å². The lowest BCUT2D eigenvalue weighted by molar-refractivity contribution is -0.0322. The number of aromatic amines is 1. The number of carbonyl (C=O) groups excluding carboxylic acids is 1. The largest absolute Gasteiger partial charge is 0.443 e. The molecule has 1 saturated heterocycles. The number of alkyl halides is 2. The van der Waals surface area contributed by atoms with Crippen LogP contribution in [0.5, 0.6) is 0 Å². The smallest absolute Gasteiger partial charge is 0.410 e. The van der Waals surface area contributed by atoms with Crippen LogP contribution in [0.4, 0.5) is 13.6 Å². The molecule has 1 saturated carbocycles. The summed E-state index contributed by atoms with van der Waals surface area (Å²) in [7, 11) is 0. The molecule has 1 amide bonds. The number of H-pyrrole nitrogens is 1. The molecule has 0 bridgehead atoms. The minimum Gasteiger partial charge on any atom is -0.443 e. The highest BCUT2D eigenvalue weighted by Crippen LogP contribution is 2.36.